The van der Waals surface area contributed by atoms with Crippen molar-refractivity contribution in [2.24, 2.45) is 5.18 Å². The van der Waals surface area contributed by atoms with E-state index in [-0.39, 0.29) is 10.8 Å². The molecule has 0 aromatic carbocycles. The van der Waals surface area contributed by atoms with Crippen LogP contribution in [0.4, 0.5) is 0 Å². The van der Waals surface area contributed by atoms with Gasteiger partial charge in [0.05, 0.1) is 14.2 Å². The molecule has 0 aliphatic heterocycles. The van der Waals surface area contributed by atoms with Crippen LogP contribution in [0.25, 0.3) is 0 Å². The summed E-state index contributed by atoms with van der Waals surface area (Å²) >= 11 is 0.712. The van der Waals surface area contributed by atoms with Crippen LogP contribution in [-0.2, 0) is 14.3 Å². The Balaban J connectivity index is 2.95. The first-order valence-electron chi connectivity index (χ1n) is 3.96. The number of nitroso groups, excluding NO2 is 1. The summed E-state index contributed by atoms with van der Waals surface area (Å²) in [6.45, 7) is 0. The van der Waals surface area contributed by atoms with E-state index in [1.165, 1.54) is 7.11 Å². The third-order valence-electron chi connectivity index (χ3n) is 1.58. The fraction of sp³-hybridized carbons (Fsp3) is 0.429. The molecule has 1 rings (SSSR count). The molecule has 1 unspecified atom stereocenters. The minimum atomic E-state index is -1.46. The first-order valence-corrected chi connectivity index (χ1v) is 4.73. The van der Waals surface area contributed by atoms with Crippen LogP contribution in [0.5, 0.6) is 0 Å². The second kappa shape index (κ2) is 5.26. The largest absolute Gasteiger partial charge is 0.467 e. The SMILES string of the molecule is COC(=O)c1nc(C(N=O)C(=O)OC)ns1. The van der Waals surface area contributed by atoms with Gasteiger partial charge in [-0.05, 0) is 16.7 Å². The van der Waals surface area contributed by atoms with Crippen molar-refractivity contribution in [1.82, 2.24) is 9.36 Å². The molecule has 0 saturated heterocycles. The molecule has 1 atom stereocenters. The molecule has 0 radical (unpaired) electrons. The Morgan fingerprint density at radius 3 is 2.56 bits per heavy atom. The molecule has 1 aromatic heterocycles. The van der Waals surface area contributed by atoms with Crippen molar-refractivity contribution in [2.75, 3.05) is 14.2 Å². The number of carbonyl (C=O) groups excluding carboxylic acids is 2. The van der Waals surface area contributed by atoms with Crippen LogP contribution in [0.2, 0.25) is 0 Å². The topological polar surface area (TPSA) is 108 Å². The minimum Gasteiger partial charge on any atom is -0.467 e. The fourth-order valence-electron chi connectivity index (χ4n) is 0.823. The molecule has 0 saturated carbocycles. The highest BCUT2D eigenvalue weighted by atomic mass is 32.1. The monoisotopic (exact) mass is 245 g/mol. The van der Waals surface area contributed by atoms with E-state index in [2.05, 4.69) is 24.0 Å². The van der Waals surface area contributed by atoms with E-state index in [1.807, 2.05) is 0 Å². The van der Waals surface area contributed by atoms with Gasteiger partial charge in [-0.15, -0.1) is 4.91 Å². The average molecular weight is 245 g/mol. The van der Waals surface area contributed by atoms with Gasteiger partial charge >= 0.3 is 11.9 Å². The van der Waals surface area contributed by atoms with E-state index < -0.39 is 18.0 Å². The summed E-state index contributed by atoms with van der Waals surface area (Å²) in [5.41, 5.74) is 0. The third-order valence-corrected chi connectivity index (χ3v) is 2.29. The molecule has 0 aliphatic rings. The first kappa shape index (κ1) is 12.2. The number of nitrogens with zero attached hydrogens (tertiary/aromatic N) is 3. The molecule has 0 aliphatic carbocycles. The maximum Gasteiger partial charge on any atom is 0.368 e. The van der Waals surface area contributed by atoms with Crippen molar-refractivity contribution < 1.29 is 19.1 Å². The lowest BCUT2D eigenvalue weighted by Gasteiger charge is -2.00. The predicted octanol–water partition coefficient (Wildman–Crippen LogP) is 0.305. The summed E-state index contributed by atoms with van der Waals surface area (Å²) in [6, 6.07) is -1.46. The highest BCUT2D eigenvalue weighted by Gasteiger charge is 2.28. The number of esters is 2. The van der Waals surface area contributed by atoms with Gasteiger partial charge in [0.15, 0.2) is 5.82 Å². The van der Waals surface area contributed by atoms with Gasteiger partial charge in [0.25, 0.3) is 0 Å². The minimum absolute atomic E-state index is 0.0601. The molecule has 8 nitrogen and oxygen atoms in total. The van der Waals surface area contributed by atoms with Crippen LogP contribution in [0.3, 0.4) is 0 Å². The van der Waals surface area contributed by atoms with Crippen molar-refractivity contribution in [3.05, 3.63) is 15.7 Å². The summed E-state index contributed by atoms with van der Waals surface area (Å²) in [5, 5.41) is 2.47. The van der Waals surface area contributed by atoms with Gasteiger partial charge in [-0.1, -0.05) is 0 Å². The van der Waals surface area contributed by atoms with Crippen LogP contribution in [0.15, 0.2) is 5.18 Å². The van der Waals surface area contributed by atoms with Gasteiger partial charge in [0.2, 0.25) is 11.0 Å². The molecule has 9 heteroatoms. The van der Waals surface area contributed by atoms with Crippen LogP contribution < -0.4 is 0 Å². The van der Waals surface area contributed by atoms with Crippen LogP contribution >= 0.6 is 11.5 Å². The Kier molecular flexibility index (Phi) is 4.00. The standard InChI is InChI=1S/C7H7N3O5S/c1-14-6(11)3(9-13)4-8-5(16-10-4)7(12)15-2/h3H,1-2H3. The van der Waals surface area contributed by atoms with Crippen LogP contribution in [0, 0.1) is 4.91 Å². The van der Waals surface area contributed by atoms with Gasteiger partial charge in [0, 0.05) is 0 Å². The zero-order valence-electron chi connectivity index (χ0n) is 8.37. The third kappa shape index (κ3) is 2.37. The summed E-state index contributed by atoms with van der Waals surface area (Å²) in [6.07, 6.45) is 0. The second-order valence-corrected chi connectivity index (χ2v) is 3.23. The Labute approximate surface area is 93.7 Å². The van der Waals surface area contributed by atoms with Crippen molar-refractivity contribution in [2.45, 2.75) is 6.04 Å². The number of rotatable bonds is 4. The number of hydrogen-bond acceptors (Lipinski definition) is 9. The van der Waals surface area contributed by atoms with E-state index in [0.29, 0.717) is 11.5 Å². The number of ether oxygens (including phenoxy) is 2. The lowest BCUT2D eigenvalue weighted by molar-refractivity contribution is -0.142. The normalized spacial score (nSPS) is 11.6. The maximum absolute atomic E-state index is 11.1. The molecular formula is C7H7N3O5S. The molecule has 1 aromatic rings. The quantitative estimate of drug-likeness (QED) is 0.554. The predicted molar refractivity (Wildman–Crippen MR) is 51.8 cm³/mol. The van der Waals surface area contributed by atoms with E-state index in [9.17, 15) is 14.5 Å². The summed E-state index contributed by atoms with van der Waals surface area (Å²) in [7, 11) is 2.28. The Bertz CT molecular complexity index is 418. The number of carbonyl (C=O) groups is 2. The zero-order chi connectivity index (χ0) is 12.1. The maximum atomic E-state index is 11.1. The summed E-state index contributed by atoms with van der Waals surface area (Å²) in [4.78, 5) is 36.2. The van der Waals surface area contributed by atoms with Gasteiger partial charge in [0.1, 0.15) is 0 Å². The second-order valence-electron chi connectivity index (χ2n) is 2.48. The lowest BCUT2D eigenvalue weighted by Crippen LogP contribution is -2.13. The van der Waals surface area contributed by atoms with Crippen molar-refractivity contribution in [1.29, 1.82) is 0 Å². The average Bonchev–Trinajstić information content (AvgIpc) is 2.78. The lowest BCUT2D eigenvalue weighted by atomic mass is 10.3. The molecule has 86 valence electrons. The summed E-state index contributed by atoms with van der Waals surface area (Å²) in [5.74, 6) is -1.75. The Hall–Kier alpha value is -1.90. The molecule has 0 fully saturated rings. The molecule has 16 heavy (non-hydrogen) atoms. The molecular weight excluding hydrogens is 238 g/mol. The molecule has 1 heterocycles. The van der Waals surface area contributed by atoms with Gasteiger partial charge < -0.3 is 9.47 Å². The van der Waals surface area contributed by atoms with Crippen LogP contribution in [0.1, 0.15) is 21.7 Å². The number of hydrogen-bond donors (Lipinski definition) is 0. The molecule has 0 amide bonds. The van der Waals surface area contributed by atoms with E-state index in [1.54, 1.807) is 0 Å². The number of aromatic nitrogens is 2. The van der Waals surface area contributed by atoms with Crippen molar-refractivity contribution in [3.8, 4) is 0 Å². The van der Waals surface area contributed by atoms with Crippen molar-refractivity contribution in [3.63, 3.8) is 0 Å². The highest BCUT2D eigenvalue weighted by molar-refractivity contribution is 7.07. The van der Waals surface area contributed by atoms with E-state index >= 15 is 0 Å². The summed E-state index contributed by atoms with van der Waals surface area (Å²) < 4.78 is 12.4. The van der Waals surface area contributed by atoms with Crippen molar-refractivity contribution >= 4 is 23.5 Å². The molecule has 0 bridgehead atoms. The molecule has 0 N–H and O–H groups in total. The van der Waals surface area contributed by atoms with E-state index in [4.69, 9.17) is 0 Å². The highest BCUT2D eigenvalue weighted by Crippen LogP contribution is 2.18. The zero-order valence-corrected chi connectivity index (χ0v) is 9.18. The first-order chi connectivity index (χ1) is 7.63. The van der Waals surface area contributed by atoms with Gasteiger partial charge in [-0.25, -0.2) is 14.6 Å². The Morgan fingerprint density at radius 1 is 1.38 bits per heavy atom. The van der Waals surface area contributed by atoms with Gasteiger partial charge in [-0.3, -0.25) is 0 Å². The number of methoxy groups -OCH3 is 2. The van der Waals surface area contributed by atoms with Crippen LogP contribution in [-0.4, -0.2) is 35.5 Å². The smallest absolute Gasteiger partial charge is 0.368 e. The van der Waals surface area contributed by atoms with Gasteiger partial charge in [-0.2, -0.15) is 4.37 Å². The van der Waals surface area contributed by atoms with E-state index in [0.717, 1.165) is 7.11 Å². The molecule has 0 spiro atoms. The Morgan fingerprint density at radius 2 is 2.06 bits per heavy atom. The fourth-order valence-corrected chi connectivity index (χ4v) is 1.44.